The second-order valence-corrected chi connectivity index (χ2v) is 7.56. The van der Waals surface area contributed by atoms with E-state index in [0.717, 1.165) is 29.3 Å². The van der Waals surface area contributed by atoms with Crippen LogP contribution in [0.3, 0.4) is 0 Å². The lowest BCUT2D eigenvalue weighted by molar-refractivity contribution is 0.247. The number of hydrogen-bond donors (Lipinski definition) is 1. The zero-order valence-corrected chi connectivity index (χ0v) is 12.1. The van der Waals surface area contributed by atoms with Crippen LogP contribution in [0.15, 0.2) is 27.6 Å². The summed E-state index contributed by atoms with van der Waals surface area (Å²) in [6, 6.07) is 5.32. The lowest BCUT2D eigenvalue weighted by Crippen LogP contribution is -2.42. The van der Waals surface area contributed by atoms with Crippen LogP contribution in [0.4, 0.5) is 0 Å². The van der Waals surface area contributed by atoms with Gasteiger partial charge in [-0.2, -0.15) is 0 Å². The molecule has 0 aromatic heterocycles. The molecule has 1 aromatic rings. The van der Waals surface area contributed by atoms with Crippen LogP contribution in [0.1, 0.15) is 24.8 Å². The minimum absolute atomic E-state index is 0.154. The van der Waals surface area contributed by atoms with Gasteiger partial charge < -0.3 is 5.73 Å². The molecule has 0 bridgehead atoms. The Kier molecular flexibility index (Phi) is 3.36. The van der Waals surface area contributed by atoms with Crippen LogP contribution in [-0.4, -0.2) is 21.2 Å². The largest absolute Gasteiger partial charge is 0.330 e. The van der Waals surface area contributed by atoms with Gasteiger partial charge in [-0.25, -0.2) is 8.42 Å². The van der Waals surface area contributed by atoms with Crippen molar-refractivity contribution in [3.05, 3.63) is 28.2 Å². The van der Waals surface area contributed by atoms with Crippen molar-refractivity contribution >= 4 is 25.8 Å². The van der Waals surface area contributed by atoms with Crippen LogP contribution >= 0.6 is 15.9 Å². The zero-order chi connectivity index (χ0) is 12.7. The second-order valence-electron chi connectivity index (χ2n) is 4.72. The van der Waals surface area contributed by atoms with E-state index in [2.05, 4.69) is 15.9 Å². The Morgan fingerprint density at radius 1 is 1.41 bits per heavy atom. The van der Waals surface area contributed by atoms with Crippen LogP contribution < -0.4 is 5.73 Å². The van der Waals surface area contributed by atoms with Crippen molar-refractivity contribution in [1.29, 1.82) is 0 Å². The average molecular weight is 318 g/mol. The molecule has 0 unspecified atom stereocenters. The van der Waals surface area contributed by atoms with Gasteiger partial charge in [0.15, 0.2) is 9.84 Å². The van der Waals surface area contributed by atoms with E-state index >= 15 is 0 Å². The first kappa shape index (κ1) is 13.1. The van der Waals surface area contributed by atoms with Gasteiger partial charge in [0.1, 0.15) is 0 Å². The lowest BCUT2D eigenvalue weighted by atomic mass is 9.64. The molecule has 5 heteroatoms. The molecule has 1 aliphatic rings. The van der Waals surface area contributed by atoms with Crippen molar-refractivity contribution in [2.45, 2.75) is 29.6 Å². The summed E-state index contributed by atoms with van der Waals surface area (Å²) in [5.74, 6) is 0. The van der Waals surface area contributed by atoms with Gasteiger partial charge in [-0.05, 0) is 30.5 Å². The maximum atomic E-state index is 11.8. The van der Waals surface area contributed by atoms with E-state index in [1.54, 1.807) is 12.1 Å². The highest BCUT2D eigenvalue weighted by molar-refractivity contribution is 9.10. The van der Waals surface area contributed by atoms with Gasteiger partial charge in [0, 0.05) is 22.7 Å². The Morgan fingerprint density at radius 3 is 2.47 bits per heavy atom. The van der Waals surface area contributed by atoms with Gasteiger partial charge in [0.2, 0.25) is 0 Å². The first-order chi connectivity index (χ1) is 7.91. The SMILES string of the molecule is CS(=O)(=O)c1cccc(Br)c1C1(CN)CCC1. The van der Waals surface area contributed by atoms with Crippen LogP contribution in [-0.2, 0) is 15.3 Å². The van der Waals surface area contributed by atoms with Crippen LogP contribution in [0.5, 0.6) is 0 Å². The third-order valence-electron chi connectivity index (χ3n) is 3.61. The number of halogens is 1. The number of rotatable bonds is 3. The van der Waals surface area contributed by atoms with Crippen LogP contribution in [0.25, 0.3) is 0 Å². The summed E-state index contributed by atoms with van der Waals surface area (Å²) in [6.45, 7) is 0.498. The van der Waals surface area contributed by atoms with Crippen molar-refractivity contribution in [3.63, 3.8) is 0 Å². The molecule has 0 radical (unpaired) electrons. The summed E-state index contributed by atoms with van der Waals surface area (Å²) >= 11 is 3.47. The predicted molar refractivity (Wildman–Crippen MR) is 71.8 cm³/mol. The molecule has 0 spiro atoms. The Labute approximate surface area is 110 Å². The Morgan fingerprint density at radius 2 is 2.06 bits per heavy atom. The fraction of sp³-hybridized carbons (Fsp3) is 0.500. The highest BCUT2D eigenvalue weighted by atomic mass is 79.9. The molecule has 17 heavy (non-hydrogen) atoms. The Hall–Kier alpha value is -0.390. The van der Waals surface area contributed by atoms with E-state index < -0.39 is 9.84 Å². The van der Waals surface area contributed by atoms with Gasteiger partial charge in [0.05, 0.1) is 4.90 Å². The van der Waals surface area contributed by atoms with Crippen molar-refractivity contribution in [3.8, 4) is 0 Å². The van der Waals surface area contributed by atoms with Gasteiger partial charge in [-0.1, -0.05) is 28.4 Å². The molecule has 2 rings (SSSR count). The first-order valence-electron chi connectivity index (χ1n) is 5.60. The topological polar surface area (TPSA) is 60.2 Å². The molecule has 1 aromatic carbocycles. The van der Waals surface area contributed by atoms with Gasteiger partial charge in [-0.15, -0.1) is 0 Å². The second kappa shape index (κ2) is 4.37. The number of sulfone groups is 1. The van der Waals surface area contributed by atoms with E-state index in [0.29, 0.717) is 11.4 Å². The molecule has 2 N–H and O–H groups in total. The molecule has 1 saturated carbocycles. The standard InChI is InChI=1S/C12H16BrNO2S/c1-17(15,16)10-5-2-4-9(13)11(10)12(8-14)6-3-7-12/h2,4-5H,3,6-8,14H2,1H3. The van der Waals surface area contributed by atoms with Crippen molar-refractivity contribution in [2.75, 3.05) is 12.8 Å². The fourth-order valence-corrected chi connectivity index (χ4v) is 4.43. The van der Waals surface area contributed by atoms with Crippen molar-refractivity contribution < 1.29 is 8.42 Å². The highest BCUT2D eigenvalue weighted by Gasteiger charge is 2.41. The third kappa shape index (κ3) is 2.16. The molecule has 3 nitrogen and oxygen atoms in total. The number of nitrogens with two attached hydrogens (primary N) is 1. The number of benzene rings is 1. The lowest BCUT2D eigenvalue weighted by Gasteiger charge is -2.43. The van der Waals surface area contributed by atoms with E-state index in [-0.39, 0.29) is 5.41 Å². The van der Waals surface area contributed by atoms with E-state index in [9.17, 15) is 8.42 Å². The molecular weight excluding hydrogens is 302 g/mol. The summed E-state index contributed by atoms with van der Waals surface area (Å²) in [7, 11) is -3.21. The first-order valence-corrected chi connectivity index (χ1v) is 8.28. The molecular formula is C12H16BrNO2S. The molecule has 0 heterocycles. The van der Waals surface area contributed by atoms with Gasteiger partial charge >= 0.3 is 0 Å². The minimum atomic E-state index is -3.21. The molecule has 1 fully saturated rings. The summed E-state index contributed by atoms with van der Waals surface area (Å²) in [5.41, 5.74) is 6.58. The summed E-state index contributed by atoms with van der Waals surface area (Å²) in [4.78, 5) is 0.414. The van der Waals surface area contributed by atoms with E-state index in [4.69, 9.17) is 5.73 Å². The quantitative estimate of drug-likeness (QED) is 0.930. The molecule has 1 aliphatic carbocycles. The zero-order valence-electron chi connectivity index (χ0n) is 9.74. The summed E-state index contributed by atoms with van der Waals surface area (Å²) in [5, 5.41) is 0. The molecule has 0 atom stereocenters. The maximum absolute atomic E-state index is 11.8. The predicted octanol–water partition coefficient (Wildman–Crippen LogP) is 2.23. The Balaban J connectivity index is 2.67. The normalized spacial score (nSPS) is 18.8. The number of hydrogen-bond acceptors (Lipinski definition) is 3. The fourth-order valence-electron chi connectivity index (χ4n) is 2.49. The van der Waals surface area contributed by atoms with E-state index in [1.807, 2.05) is 6.07 Å². The molecule has 0 aliphatic heterocycles. The van der Waals surface area contributed by atoms with Crippen LogP contribution in [0.2, 0.25) is 0 Å². The Bertz CT molecular complexity index is 530. The average Bonchev–Trinajstić information content (AvgIpc) is 2.17. The highest BCUT2D eigenvalue weighted by Crippen LogP contribution is 2.47. The van der Waals surface area contributed by atoms with Crippen molar-refractivity contribution in [2.24, 2.45) is 5.73 Å². The van der Waals surface area contributed by atoms with Crippen LogP contribution in [0, 0.1) is 0 Å². The molecule has 0 amide bonds. The monoisotopic (exact) mass is 317 g/mol. The minimum Gasteiger partial charge on any atom is -0.330 e. The van der Waals surface area contributed by atoms with E-state index in [1.165, 1.54) is 6.26 Å². The summed E-state index contributed by atoms with van der Waals surface area (Å²) < 4.78 is 24.5. The summed E-state index contributed by atoms with van der Waals surface area (Å²) in [6.07, 6.45) is 4.30. The molecule has 0 saturated heterocycles. The van der Waals surface area contributed by atoms with Gasteiger partial charge in [0.25, 0.3) is 0 Å². The third-order valence-corrected chi connectivity index (χ3v) is 5.41. The van der Waals surface area contributed by atoms with Crippen molar-refractivity contribution in [1.82, 2.24) is 0 Å². The maximum Gasteiger partial charge on any atom is 0.175 e. The van der Waals surface area contributed by atoms with Gasteiger partial charge in [-0.3, -0.25) is 0 Å². The molecule has 94 valence electrons. The smallest absolute Gasteiger partial charge is 0.175 e.